The van der Waals surface area contributed by atoms with Gasteiger partial charge in [-0.25, -0.2) is 18.0 Å². The van der Waals surface area contributed by atoms with Crippen LogP contribution >= 0.6 is 0 Å². The predicted octanol–water partition coefficient (Wildman–Crippen LogP) is 2.29. The SMILES string of the molecule is Cc1c(C)c(=O)[nH][n+](OC(=O)C(F)(F)F)c1Cc1ccc(F)c(C(=O)N2CCN(c3ccc(F)c(F)c3)C(=O)C2)c1. The monoisotopic (exact) mass is 583 g/mol. The maximum Gasteiger partial charge on any atom is 0.498 e. The lowest BCUT2D eigenvalue weighted by molar-refractivity contribution is -0.921. The Morgan fingerprint density at radius 1 is 0.951 bits per heavy atom. The number of alkyl halides is 3. The largest absolute Gasteiger partial charge is 0.498 e. The minimum absolute atomic E-state index is 0.0706. The number of rotatable bonds is 5. The van der Waals surface area contributed by atoms with Crippen LogP contribution in [0.25, 0.3) is 0 Å². The number of halogens is 6. The Kier molecular flexibility index (Phi) is 7.90. The van der Waals surface area contributed by atoms with Crippen molar-refractivity contribution in [1.82, 2.24) is 10.00 Å². The second kappa shape index (κ2) is 11.1. The molecule has 1 N–H and O–H groups in total. The van der Waals surface area contributed by atoms with Gasteiger partial charge in [0.1, 0.15) is 17.2 Å². The van der Waals surface area contributed by atoms with Crippen LogP contribution in [-0.2, 0) is 16.0 Å². The molecule has 1 fully saturated rings. The van der Waals surface area contributed by atoms with E-state index < -0.39 is 59.1 Å². The van der Waals surface area contributed by atoms with Gasteiger partial charge >= 0.3 is 17.7 Å². The highest BCUT2D eigenvalue weighted by molar-refractivity contribution is 6.01. The topological polar surface area (TPSA) is 104 Å². The molecule has 0 atom stereocenters. The van der Waals surface area contributed by atoms with E-state index >= 15 is 0 Å². The van der Waals surface area contributed by atoms with Crippen LogP contribution in [0.5, 0.6) is 0 Å². The zero-order valence-corrected chi connectivity index (χ0v) is 21.4. The van der Waals surface area contributed by atoms with E-state index in [9.17, 15) is 45.5 Å². The van der Waals surface area contributed by atoms with Crippen molar-refractivity contribution in [2.45, 2.75) is 26.4 Å². The first-order chi connectivity index (χ1) is 19.2. The third kappa shape index (κ3) is 6.07. The average Bonchev–Trinajstić information content (AvgIpc) is 2.91. The highest BCUT2D eigenvalue weighted by Gasteiger charge is 2.46. The van der Waals surface area contributed by atoms with Crippen LogP contribution in [0.1, 0.15) is 32.7 Å². The fourth-order valence-corrected chi connectivity index (χ4v) is 4.18. The number of nitrogens with zero attached hydrogens (tertiary/aromatic N) is 3. The summed E-state index contributed by atoms with van der Waals surface area (Å²) in [7, 11) is 0. The number of carbonyl (C=O) groups excluding carboxylic acids is 3. The molecular formula is C26H21F6N4O5+. The van der Waals surface area contributed by atoms with Crippen LogP contribution in [0.15, 0.2) is 41.2 Å². The summed E-state index contributed by atoms with van der Waals surface area (Å²) in [5.41, 5.74) is -0.763. The van der Waals surface area contributed by atoms with Crippen LogP contribution in [0, 0.1) is 31.3 Å². The molecule has 15 heteroatoms. The van der Waals surface area contributed by atoms with Crippen molar-refractivity contribution < 1.29 is 50.4 Å². The second-order valence-electron chi connectivity index (χ2n) is 9.17. The number of amides is 2. The Morgan fingerprint density at radius 2 is 1.63 bits per heavy atom. The van der Waals surface area contributed by atoms with Crippen molar-refractivity contribution in [2.75, 3.05) is 24.5 Å². The smallest absolute Gasteiger partial charge is 0.327 e. The number of anilines is 1. The molecule has 2 aromatic carbocycles. The van der Waals surface area contributed by atoms with E-state index in [1.165, 1.54) is 26.0 Å². The lowest BCUT2D eigenvalue weighted by Gasteiger charge is -2.34. The fraction of sp³-hybridized carbons (Fsp3) is 0.269. The molecule has 0 unspecified atom stereocenters. The molecule has 1 aliphatic rings. The zero-order valence-electron chi connectivity index (χ0n) is 21.4. The molecule has 0 saturated carbocycles. The Morgan fingerprint density at radius 3 is 2.27 bits per heavy atom. The molecule has 9 nitrogen and oxygen atoms in total. The van der Waals surface area contributed by atoms with E-state index in [1.54, 1.807) is 0 Å². The van der Waals surface area contributed by atoms with E-state index in [1.807, 2.05) is 5.10 Å². The van der Waals surface area contributed by atoms with Gasteiger partial charge in [0.05, 0.1) is 12.0 Å². The van der Waals surface area contributed by atoms with Crippen molar-refractivity contribution in [3.05, 3.63) is 92.2 Å². The maximum atomic E-state index is 14.7. The third-order valence-electron chi connectivity index (χ3n) is 6.55. The summed E-state index contributed by atoms with van der Waals surface area (Å²) in [6, 6.07) is 6.22. The van der Waals surface area contributed by atoms with Crippen LogP contribution < -0.4 is 20.1 Å². The summed E-state index contributed by atoms with van der Waals surface area (Å²) in [6.07, 6.45) is -5.65. The molecule has 2 heterocycles. The molecule has 41 heavy (non-hydrogen) atoms. The lowest BCUT2D eigenvalue weighted by Crippen LogP contribution is -2.58. The summed E-state index contributed by atoms with van der Waals surface area (Å²) in [4.78, 5) is 56.2. The van der Waals surface area contributed by atoms with E-state index in [0.29, 0.717) is 0 Å². The van der Waals surface area contributed by atoms with Crippen LogP contribution in [0.3, 0.4) is 0 Å². The number of aromatic amines is 1. The van der Waals surface area contributed by atoms with Gasteiger partial charge in [-0.05, 0) is 43.7 Å². The number of H-pyrrole nitrogens is 1. The van der Waals surface area contributed by atoms with Gasteiger partial charge in [-0.15, -0.1) is 0 Å². The molecule has 3 aromatic rings. The first kappa shape index (κ1) is 29.3. The summed E-state index contributed by atoms with van der Waals surface area (Å²) < 4.78 is 80.0. The van der Waals surface area contributed by atoms with Crippen molar-refractivity contribution in [3.63, 3.8) is 0 Å². The number of nitrogens with one attached hydrogen (secondary N) is 1. The van der Waals surface area contributed by atoms with Gasteiger partial charge in [-0.2, -0.15) is 18.0 Å². The van der Waals surface area contributed by atoms with E-state index in [4.69, 9.17) is 0 Å². The molecule has 216 valence electrons. The summed E-state index contributed by atoms with van der Waals surface area (Å²) >= 11 is 0. The molecule has 0 spiro atoms. The molecule has 0 radical (unpaired) electrons. The lowest BCUT2D eigenvalue weighted by atomic mass is 10.0. The molecule has 0 aliphatic carbocycles. The molecule has 1 aliphatic heterocycles. The quantitative estimate of drug-likeness (QED) is 0.367. The van der Waals surface area contributed by atoms with Crippen LogP contribution in [0.4, 0.5) is 32.0 Å². The number of carbonyl (C=O) groups is 3. The number of benzene rings is 2. The van der Waals surface area contributed by atoms with E-state index in [2.05, 4.69) is 4.84 Å². The Balaban J connectivity index is 1.58. The predicted molar refractivity (Wildman–Crippen MR) is 128 cm³/mol. The summed E-state index contributed by atoms with van der Waals surface area (Å²) in [5.74, 6) is -7.28. The first-order valence-electron chi connectivity index (χ1n) is 11.9. The Labute approximate surface area is 227 Å². The van der Waals surface area contributed by atoms with Crippen molar-refractivity contribution in [1.29, 1.82) is 0 Å². The van der Waals surface area contributed by atoms with Gasteiger partial charge in [0.25, 0.3) is 11.6 Å². The van der Waals surface area contributed by atoms with Gasteiger partial charge in [-0.3, -0.25) is 14.4 Å². The summed E-state index contributed by atoms with van der Waals surface area (Å²) in [5, 5.41) is 2.02. The third-order valence-corrected chi connectivity index (χ3v) is 6.55. The van der Waals surface area contributed by atoms with Gasteiger partial charge in [0, 0.05) is 36.0 Å². The second-order valence-corrected chi connectivity index (χ2v) is 9.17. The molecule has 0 bridgehead atoms. The summed E-state index contributed by atoms with van der Waals surface area (Å²) in [6.45, 7) is 2.15. The van der Waals surface area contributed by atoms with E-state index in [0.717, 1.165) is 34.1 Å². The minimum atomic E-state index is -5.36. The van der Waals surface area contributed by atoms with E-state index in [-0.39, 0.29) is 52.4 Å². The van der Waals surface area contributed by atoms with Gasteiger partial charge in [0.2, 0.25) is 5.91 Å². The Hall–Kier alpha value is -4.69. The van der Waals surface area contributed by atoms with Crippen LogP contribution in [0.2, 0.25) is 0 Å². The number of aromatic nitrogens is 2. The van der Waals surface area contributed by atoms with Crippen molar-refractivity contribution in [2.24, 2.45) is 0 Å². The van der Waals surface area contributed by atoms with Crippen molar-refractivity contribution in [3.8, 4) is 0 Å². The van der Waals surface area contributed by atoms with Crippen molar-refractivity contribution >= 4 is 23.5 Å². The van der Waals surface area contributed by atoms with Crippen LogP contribution in [-0.4, -0.2) is 53.6 Å². The Bertz CT molecular complexity index is 1620. The molecule has 4 rings (SSSR count). The molecule has 2 amide bonds. The fourth-order valence-electron chi connectivity index (χ4n) is 4.18. The number of hydrogen-bond donors (Lipinski definition) is 1. The number of hydrogen-bond acceptors (Lipinski definition) is 5. The standard InChI is InChI=1S/C26H20F6N4O5/c1-13-14(2)23(38)33-36(41-25(40)26(30,31)32)21(13)10-15-3-5-18(27)17(9-15)24(39)34-7-8-35(22(37)12-34)16-4-6-19(28)20(29)11-16/h3-6,9,11H,7-8,10,12H2,1-2H3/p+1. The zero-order chi connectivity index (χ0) is 30.2. The molecule has 1 aromatic heterocycles. The first-order valence-corrected chi connectivity index (χ1v) is 11.9. The average molecular weight is 583 g/mol. The molecular weight excluding hydrogens is 562 g/mol. The maximum absolute atomic E-state index is 14.7. The van der Waals surface area contributed by atoms with Gasteiger partial charge in [0.15, 0.2) is 11.6 Å². The number of piperazine rings is 1. The minimum Gasteiger partial charge on any atom is -0.327 e. The van der Waals surface area contributed by atoms with Gasteiger partial charge < -0.3 is 9.80 Å². The molecule has 1 saturated heterocycles. The highest BCUT2D eigenvalue weighted by atomic mass is 19.4. The van der Waals surface area contributed by atoms with Gasteiger partial charge in [-0.1, -0.05) is 11.2 Å². The normalized spacial score (nSPS) is 13.9. The highest BCUT2D eigenvalue weighted by Crippen LogP contribution is 2.23.